The Bertz CT molecular complexity index is 662. The fourth-order valence-corrected chi connectivity index (χ4v) is 1.90. The van der Waals surface area contributed by atoms with Gasteiger partial charge in [-0.15, -0.1) is 0 Å². The van der Waals surface area contributed by atoms with E-state index < -0.39 is 5.97 Å². The van der Waals surface area contributed by atoms with E-state index in [2.05, 4.69) is 10.3 Å². The molecular formula is C16H19ClN2O4. The van der Waals surface area contributed by atoms with Crippen LogP contribution in [0.15, 0.2) is 34.5 Å². The maximum Gasteiger partial charge on any atom is 0.343 e. The molecule has 0 atom stereocenters. The van der Waals surface area contributed by atoms with Gasteiger partial charge in [0.2, 0.25) is 0 Å². The molecule has 0 fully saturated rings. The monoisotopic (exact) mass is 338 g/mol. The zero-order chi connectivity index (χ0) is 17.6. The number of esters is 1. The van der Waals surface area contributed by atoms with E-state index in [0.29, 0.717) is 5.69 Å². The first-order valence-corrected chi connectivity index (χ1v) is 7.31. The normalized spacial score (nSPS) is 12.3. The van der Waals surface area contributed by atoms with E-state index in [0.717, 1.165) is 6.21 Å². The molecule has 0 saturated carbocycles. The van der Waals surface area contributed by atoms with Crippen molar-refractivity contribution in [2.45, 2.75) is 26.9 Å². The minimum Gasteiger partial charge on any atom is -0.512 e. The van der Waals surface area contributed by atoms with Crippen LogP contribution in [0.5, 0.6) is 0 Å². The van der Waals surface area contributed by atoms with Crippen molar-refractivity contribution in [1.29, 1.82) is 0 Å². The van der Waals surface area contributed by atoms with Crippen molar-refractivity contribution >= 4 is 35.4 Å². The number of hydrogen-bond donors (Lipinski definition) is 2. The van der Waals surface area contributed by atoms with Crippen LogP contribution in [0.1, 0.15) is 31.1 Å². The molecule has 0 aliphatic heterocycles. The molecule has 6 nitrogen and oxygen atoms in total. The number of allylic oxidation sites excluding steroid dienone is 1. The van der Waals surface area contributed by atoms with Gasteiger partial charge in [0.05, 0.1) is 22.4 Å². The number of aliphatic imine (C=N–C) groups is 1. The Hall–Kier alpha value is -2.34. The second kappa shape index (κ2) is 8.33. The van der Waals surface area contributed by atoms with Gasteiger partial charge >= 0.3 is 5.97 Å². The van der Waals surface area contributed by atoms with E-state index in [-0.39, 0.29) is 33.9 Å². The number of amides is 1. The van der Waals surface area contributed by atoms with Gasteiger partial charge in [0, 0.05) is 13.3 Å². The molecule has 1 amide bonds. The van der Waals surface area contributed by atoms with Crippen molar-refractivity contribution in [2.75, 3.05) is 7.05 Å². The first-order valence-electron chi connectivity index (χ1n) is 6.93. The molecule has 0 saturated heterocycles. The van der Waals surface area contributed by atoms with Crippen LogP contribution >= 0.6 is 11.6 Å². The molecule has 0 aromatic heterocycles. The molecule has 0 radical (unpaired) electrons. The topological polar surface area (TPSA) is 88.0 Å². The molecule has 1 rings (SSSR count). The van der Waals surface area contributed by atoms with Gasteiger partial charge in [-0.1, -0.05) is 17.7 Å². The molecule has 0 aliphatic carbocycles. The smallest absolute Gasteiger partial charge is 0.343 e. The summed E-state index contributed by atoms with van der Waals surface area (Å²) in [4.78, 5) is 27.7. The number of carbonyl (C=O) groups excluding carboxylic acids is 2. The average Bonchev–Trinajstić information content (AvgIpc) is 2.47. The number of halogens is 1. The number of rotatable bonds is 5. The van der Waals surface area contributed by atoms with Crippen LogP contribution in [-0.4, -0.2) is 36.3 Å². The molecule has 0 bridgehead atoms. The van der Waals surface area contributed by atoms with Gasteiger partial charge in [0.15, 0.2) is 0 Å². The van der Waals surface area contributed by atoms with Crippen molar-refractivity contribution in [3.05, 3.63) is 40.1 Å². The number of carbonyl (C=O) groups is 2. The number of hydrogen-bond acceptors (Lipinski definition) is 5. The summed E-state index contributed by atoms with van der Waals surface area (Å²) in [6, 6.07) is 4.76. The third-order valence-corrected chi connectivity index (χ3v) is 3.13. The van der Waals surface area contributed by atoms with Gasteiger partial charge in [-0.25, -0.2) is 4.79 Å². The quantitative estimate of drug-likeness (QED) is 0.373. The second-order valence-corrected chi connectivity index (χ2v) is 5.31. The molecule has 7 heteroatoms. The molecule has 23 heavy (non-hydrogen) atoms. The van der Waals surface area contributed by atoms with Gasteiger partial charge in [-0.2, -0.15) is 0 Å². The molecule has 124 valence electrons. The summed E-state index contributed by atoms with van der Waals surface area (Å²) >= 11 is 6.14. The standard InChI is InChI=1S/C16H19ClN2O4/c1-9(2)23-16(22)12(10(3)20)8-19-13-7-5-6-11(14(13)17)15(21)18-4/h5-9,20H,1-4H3,(H,18,21). The highest BCUT2D eigenvalue weighted by Crippen LogP contribution is 2.28. The van der Waals surface area contributed by atoms with Crippen LogP contribution in [0.25, 0.3) is 0 Å². The minimum absolute atomic E-state index is 0.0832. The summed E-state index contributed by atoms with van der Waals surface area (Å²) in [7, 11) is 1.49. The number of aliphatic hydroxyl groups excluding tert-OH is 1. The molecule has 0 heterocycles. The SMILES string of the molecule is CNC(=O)c1cccc(N=CC(C(=O)OC(C)C)=C(C)O)c1Cl. The van der Waals surface area contributed by atoms with Crippen molar-refractivity contribution in [3.63, 3.8) is 0 Å². The highest BCUT2D eigenvalue weighted by molar-refractivity contribution is 6.36. The lowest BCUT2D eigenvalue weighted by Gasteiger charge is -2.09. The highest BCUT2D eigenvalue weighted by Gasteiger charge is 2.15. The van der Waals surface area contributed by atoms with Crippen LogP contribution in [0.3, 0.4) is 0 Å². The Labute approximate surface area is 139 Å². The van der Waals surface area contributed by atoms with Crippen molar-refractivity contribution < 1.29 is 19.4 Å². The Morgan fingerprint density at radius 2 is 2.04 bits per heavy atom. The van der Waals surface area contributed by atoms with E-state index in [1.165, 1.54) is 14.0 Å². The number of ether oxygens (including phenoxy) is 1. The minimum atomic E-state index is -0.692. The summed E-state index contributed by atoms with van der Waals surface area (Å²) in [5.41, 5.74) is 0.476. The van der Waals surface area contributed by atoms with Crippen molar-refractivity contribution in [2.24, 2.45) is 4.99 Å². The number of nitrogens with one attached hydrogen (secondary N) is 1. The van der Waals surface area contributed by atoms with Gasteiger partial charge in [0.1, 0.15) is 11.3 Å². The van der Waals surface area contributed by atoms with Crippen LogP contribution in [0.4, 0.5) is 5.69 Å². The van der Waals surface area contributed by atoms with Crippen molar-refractivity contribution in [3.8, 4) is 0 Å². The largest absolute Gasteiger partial charge is 0.512 e. The highest BCUT2D eigenvalue weighted by atomic mass is 35.5. The van der Waals surface area contributed by atoms with E-state index in [9.17, 15) is 14.7 Å². The molecule has 0 aliphatic rings. The maximum atomic E-state index is 11.9. The first-order chi connectivity index (χ1) is 10.8. The zero-order valence-corrected chi connectivity index (χ0v) is 14.1. The Kier molecular flexibility index (Phi) is 6.78. The van der Waals surface area contributed by atoms with Crippen LogP contribution < -0.4 is 5.32 Å². The van der Waals surface area contributed by atoms with E-state index in [1.54, 1.807) is 32.0 Å². The maximum absolute atomic E-state index is 11.9. The molecule has 0 unspecified atom stereocenters. The Morgan fingerprint density at radius 3 is 2.57 bits per heavy atom. The summed E-state index contributed by atoms with van der Waals surface area (Å²) in [5.74, 6) is -1.26. The average molecular weight is 339 g/mol. The van der Waals surface area contributed by atoms with Crippen LogP contribution in [-0.2, 0) is 9.53 Å². The lowest BCUT2D eigenvalue weighted by molar-refractivity contribution is -0.142. The second-order valence-electron chi connectivity index (χ2n) is 4.93. The number of benzene rings is 1. The predicted octanol–water partition coefficient (Wildman–Crippen LogP) is 3.19. The van der Waals surface area contributed by atoms with Crippen molar-refractivity contribution in [1.82, 2.24) is 5.32 Å². The van der Waals surface area contributed by atoms with Crippen LogP contribution in [0.2, 0.25) is 5.02 Å². The van der Waals surface area contributed by atoms with Gasteiger partial charge in [-0.05, 0) is 32.9 Å². The Morgan fingerprint density at radius 1 is 1.39 bits per heavy atom. The van der Waals surface area contributed by atoms with Gasteiger partial charge < -0.3 is 15.2 Å². The van der Waals surface area contributed by atoms with Gasteiger partial charge in [-0.3, -0.25) is 9.79 Å². The Balaban J connectivity index is 3.14. The fourth-order valence-electron chi connectivity index (χ4n) is 1.64. The van der Waals surface area contributed by atoms with E-state index in [1.807, 2.05) is 0 Å². The lowest BCUT2D eigenvalue weighted by atomic mass is 10.2. The fraction of sp³-hybridized carbons (Fsp3) is 0.312. The molecular weight excluding hydrogens is 320 g/mol. The van der Waals surface area contributed by atoms with E-state index in [4.69, 9.17) is 16.3 Å². The number of nitrogens with zero attached hydrogens (tertiary/aromatic N) is 1. The third kappa shape index (κ3) is 5.10. The summed E-state index contributed by atoms with van der Waals surface area (Å²) < 4.78 is 5.03. The molecule has 1 aromatic carbocycles. The predicted molar refractivity (Wildman–Crippen MR) is 89.6 cm³/mol. The van der Waals surface area contributed by atoms with Crippen LogP contribution in [0, 0.1) is 0 Å². The summed E-state index contributed by atoms with van der Waals surface area (Å²) in [6.07, 6.45) is 0.833. The molecule has 0 spiro atoms. The third-order valence-electron chi connectivity index (χ3n) is 2.74. The lowest BCUT2D eigenvalue weighted by Crippen LogP contribution is -2.18. The summed E-state index contributed by atoms with van der Waals surface area (Å²) in [6.45, 7) is 4.75. The first kappa shape index (κ1) is 18.7. The van der Waals surface area contributed by atoms with Gasteiger partial charge in [0.25, 0.3) is 5.91 Å². The van der Waals surface area contributed by atoms with E-state index >= 15 is 0 Å². The summed E-state index contributed by atoms with van der Waals surface area (Å²) in [5, 5.41) is 12.2. The zero-order valence-electron chi connectivity index (χ0n) is 13.4. The molecule has 1 aromatic rings. The molecule has 2 N–H and O–H groups in total. The number of aliphatic hydroxyl groups is 1.